The Balaban J connectivity index is 2.40. The lowest BCUT2D eigenvalue weighted by Crippen LogP contribution is -2.51. The Labute approximate surface area is 132 Å². The van der Waals surface area contributed by atoms with Crippen molar-refractivity contribution in [1.82, 2.24) is 5.32 Å². The molecule has 0 bridgehead atoms. The molecule has 2 nitrogen and oxygen atoms in total. The molecule has 0 amide bonds. The van der Waals surface area contributed by atoms with Crippen molar-refractivity contribution in [3.8, 4) is 0 Å². The number of carbonyl (C=O) groups excluding carboxylic acids is 1. The van der Waals surface area contributed by atoms with Crippen molar-refractivity contribution in [2.24, 2.45) is 17.8 Å². The Kier molecular flexibility index (Phi) is 7.39. The van der Waals surface area contributed by atoms with Gasteiger partial charge in [0, 0.05) is 6.04 Å². The molecule has 0 aromatic heterocycles. The minimum absolute atomic E-state index is 0.231. The van der Waals surface area contributed by atoms with Gasteiger partial charge in [0.1, 0.15) is 5.78 Å². The highest BCUT2D eigenvalue weighted by Crippen LogP contribution is 2.33. The van der Waals surface area contributed by atoms with E-state index >= 15 is 0 Å². The highest BCUT2D eigenvalue weighted by atomic mass is 16.1. The first-order valence-corrected chi connectivity index (χ1v) is 9.03. The number of hydrogen-bond donors (Lipinski definition) is 1. The summed E-state index contributed by atoms with van der Waals surface area (Å²) in [6, 6.07) is 0.460. The van der Waals surface area contributed by atoms with Gasteiger partial charge in [-0.05, 0) is 57.8 Å². The largest absolute Gasteiger partial charge is 0.303 e. The lowest BCUT2D eigenvalue weighted by atomic mass is 9.78. The van der Waals surface area contributed by atoms with Gasteiger partial charge in [-0.1, -0.05) is 46.5 Å². The summed E-state index contributed by atoms with van der Waals surface area (Å²) in [5.74, 6) is 2.87. The van der Waals surface area contributed by atoms with Crippen molar-refractivity contribution in [1.29, 1.82) is 0 Å². The van der Waals surface area contributed by atoms with Gasteiger partial charge >= 0.3 is 0 Å². The SMILES string of the molecule is CCC(CC(C)CC1CCC(C)CC1)NC(C)(C)C(C)=O. The number of nitrogens with one attached hydrogen (secondary N) is 1. The van der Waals surface area contributed by atoms with Crippen molar-refractivity contribution in [2.45, 2.75) is 98.1 Å². The van der Waals surface area contributed by atoms with E-state index in [0.717, 1.165) is 24.2 Å². The van der Waals surface area contributed by atoms with E-state index in [1.807, 2.05) is 13.8 Å². The van der Waals surface area contributed by atoms with Crippen LogP contribution in [0.1, 0.15) is 86.5 Å². The van der Waals surface area contributed by atoms with E-state index in [1.165, 1.54) is 38.5 Å². The van der Waals surface area contributed by atoms with Crippen LogP contribution in [0.4, 0.5) is 0 Å². The topological polar surface area (TPSA) is 29.1 Å². The number of rotatable bonds is 8. The molecule has 124 valence electrons. The second-order valence-corrected chi connectivity index (χ2v) is 8.13. The van der Waals surface area contributed by atoms with Crippen LogP contribution in [0.15, 0.2) is 0 Å². The van der Waals surface area contributed by atoms with Gasteiger partial charge in [0.15, 0.2) is 0 Å². The van der Waals surface area contributed by atoms with Crippen LogP contribution in [-0.2, 0) is 4.79 Å². The zero-order valence-corrected chi connectivity index (χ0v) is 15.2. The third-order valence-electron chi connectivity index (χ3n) is 5.50. The third-order valence-corrected chi connectivity index (χ3v) is 5.50. The molecule has 1 N–H and O–H groups in total. The Hall–Kier alpha value is -0.370. The van der Waals surface area contributed by atoms with E-state index in [4.69, 9.17) is 0 Å². The molecule has 1 rings (SSSR count). The molecular formula is C19H37NO. The van der Waals surface area contributed by atoms with E-state index < -0.39 is 0 Å². The minimum atomic E-state index is -0.388. The molecule has 0 aromatic carbocycles. The molecule has 2 unspecified atom stereocenters. The van der Waals surface area contributed by atoms with E-state index in [-0.39, 0.29) is 11.3 Å². The fourth-order valence-corrected chi connectivity index (χ4v) is 3.66. The lowest BCUT2D eigenvalue weighted by molar-refractivity contribution is -0.122. The van der Waals surface area contributed by atoms with Gasteiger partial charge in [-0.15, -0.1) is 0 Å². The second-order valence-electron chi connectivity index (χ2n) is 8.13. The Morgan fingerprint density at radius 1 is 1.24 bits per heavy atom. The summed E-state index contributed by atoms with van der Waals surface area (Å²) in [7, 11) is 0. The van der Waals surface area contributed by atoms with Crippen LogP contribution in [-0.4, -0.2) is 17.4 Å². The van der Waals surface area contributed by atoms with Gasteiger partial charge in [0.2, 0.25) is 0 Å². The van der Waals surface area contributed by atoms with Crippen molar-refractivity contribution in [3.05, 3.63) is 0 Å². The standard InChI is InChI=1S/C19H37NO/c1-7-18(20-19(5,6)16(4)21)13-15(3)12-17-10-8-14(2)9-11-17/h14-15,17-18,20H,7-13H2,1-6H3. The van der Waals surface area contributed by atoms with E-state index in [2.05, 4.69) is 26.1 Å². The Bertz CT molecular complexity index is 316. The number of carbonyl (C=O) groups is 1. The molecule has 0 spiro atoms. The molecule has 0 aliphatic heterocycles. The molecule has 1 aliphatic rings. The van der Waals surface area contributed by atoms with Crippen molar-refractivity contribution in [2.75, 3.05) is 0 Å². The first-order valence-electron chi connectivity index (χ1n) is 9.03. The monoisotopic (exact) mass is 295 g/mol. The lowest BCUT2D eigenvalue weighted by Gasteiger charge is -2.33. The molecule has 0 heterocycles. The maximum Gasteiger partial charge on any atom is 0.149 e. The maximum absolute atomic E-state index is 11.7. The average Bonchev–Trinajstić information content (AvgIpc) is 2.40. The molecule has 0 saturated heterocycles. The maximum atomic E-state index is 11.7. The highest BCUT2D eigenvalue weighted by molar-refractivity contribution is 5.85. The van der Waals surface area contributed by atoms with E-state index in [0.29, 0.717) is 6.04 Å². The first-order chi connectivity index (χ1) is 9.74. The third kappa shape index (κ3) is 6.50. The highest BCUT2D eigenvalue weighted by Gasteiger charge is 2.27. The zero-order chi connectivity index (χ0) is 16.0. The van der Waals surface area contributed by atoms with Gasteiger partial charge in [0.25, 0.3) is 0 Å². The summed E-state index contributed by atoms with van der Waals surface area (Å²) in [5, 5.41) is 3.57. The van der Waals surface area contributed by atoms with Crippen molar-refractivity contribution < 1.29 is 4.79 Å². The smallest absolute Gasteiger partial charge is 0.149 e. The van der Waals surface area contributed by atoms with Crippen LogP contribution in [0.3, 0.4) is 0 Å². The number of ketones is 1. The van der Waals surface area contributed by atoms with Crippen LogP contribution < -0.4 is 5.32 Å². The van der Waals surface area contributed by atoms with Crippen molar-refractivity contribution >= 4 is 5.78 Å². The minimum Gasteiger partial charge on any atom is -0.303 e. The predicted octanol–water partition coefficient (Wildman–Crippen LogP) is 4.96. The summed E-state index contributed by atoms with van der Waals surface area (Å²) >= 11 is 0. The summed E-state index contributed by atoms with van der Waals surface area (Å²) in [6.45, 7) is 12.7. The fourth-order valence-electron chi connectivity index (χ4n) is 3.66. The van der Waals surface area contributed by atoms with Gasteiger partial charge in [-0.25, -0.2) is 0 Å². The van der Waals surface area contributed by atoms with E-state index in [9.17, 15) is 4.79 Å². The summed E-state index contributed by atoms with van der Waals surface area (Å²) in [6.07, 6.45) is 9.35. The average molecular weight is 296 g/mol. The number of Topliss-reactive ketones (excluding diaryl/α,β-unsaturated/α-hetero) is 1. The summed E-state index contributed by atoms with van der Waals surface area (Å²) in [4.78, 5) is 11.7. The van der Waals surface area contributed by atoms with Gasteiger partial charge < -0.3 is 5.32 Å². The van der Waals surface area contributed by atoms with Gasteiger partial charge in [-0.2, -0.15) is 0 Å². The van der Waals surface area contributed by atoms with Gasteiger partial charge in [-0.3, -0.25) is 4.79 Å². The van der Waals surface area contributed by atoms with Crippen LogP contribution in [0.5, 0.6) is 0 Å². The van der Waals surface area contributed by atoms with Crippen LogP contribution >= 0.6 is 0 Å². The molecular weight excluding hydrogens is 258 g/mol. The molecule has 1 saturated carbocycles. The molecule has 2 heteroatoms. The van der Waals surface area contributed by atoms with Gasteiger partial charge in [0.05, 0.1) is 5.54 Å². The van der Waals surface area contributed by atoms with Crippen molar-refractivity contribution in [3.63, 3.8) is 0 Å². The summed E-state index contributed by atoms with van der Waals surface area (Å²) < 4.78 is 0. The van der Waals surface area contributed by atoms with Crippen LogP contribution in [0.25, 0.3) is 0 Å². The Morgan fingerprint density at radius 3 is 2.29 bits per heavy atom. The molecule has 0 radical (unpaired) electrons. The molecule has 1 aliphatic carbocycles. The van der Waals surface area contributed by atoms with E-state index in [1.54, 1.807) is 6.92 Å². The summed E-state index contributed by atoms with van der Waals surface area (Å²) in [5.41, 5.74) is -0.388. The molecule has 21 heavy (non-hydrogen) atoms. The normalized spacial score (nSPS) is 26.4. The van der Waals surface area contributed by atoms with Crippen LogP contribution in [0, 0.1) is 17.8 Å². The molecule has 1 fully saturated rings. The quantitative estimate of drug-likeness (QED) is 0.685. The zero-order valence-electron chi connectivity index (χ0n) is 15.2. The number of hydrogen-bond acceptors (Lipinski definition) is 2. The van der Waals surface area contributed by atoms with Crippen LogP contribution in [0.2, 0.25) is 0 Å². The Morgan fingerprint density at radius 2 is 1.81 bits per heavy atom. The first kappa shape index (κ1) is 18.7. The second kappa shape index (κ2) is 8.31. The molecule has 2 atom stereocenters. The fraction of sp³-hybridized carbons (Fsp3) is 0.947. The predicted molar refractivity (Wildman–Crippen MR) is 91.5 cm³/mol. The molecule has 0 aromatic rings.